The number of rotatable bonds is 1. The van der Waals surface area contributed by atoms with Crippen molar-refractivity contribution in [1.29, 1.82) is 0 Å². The van der Waals surface area contributed by atoms with Crippen LogP contribution >= 0.6 is 11.6 Å². The van der Waals surface area contributed by atoms with Gasteiger partial charge in [-0.25, -0.2) is 4.98 Å². The van der Waals surface area contributed by atoms with Crippen molar-refractivity contribution in [2.24, 2.45) is 0 Å². The van der Waals surface area contributed by atoms with E-state index in [1.54, 1.807) is 0 Å². The first-order valence-corrected chi connectivity index (χ1v) is 3.94. The standard InChI is InChI=1S/C8H5ClF3NO/c1-4(14)5-2-3-13-7(9)6(5)8(10,11)12/h2-3H,1H3. The Hall–Kier alpha value is -1.10. The monoisotopic (exact) mass is 223 g/mol. The van der Waals surface area contributed by atoms with Crippen molar-refractivity contribution in [2.75, 3.05) is 0 Å². The van der Waals surface area contributed by atoms with Crippen LogP contribution in [-0.4, -0.2) is 10.8 Å². The van der Waals surface area contributed by atoms with Gasteiger partial charge in [-0.3, -0.25) is 4.79 Å². The Bertz CT molecular complexity index is 375. The second kappa shape index (κ2) is 3.57. The molecular weight excluding hydrogens is 219 g/mol. The second-order valence-corrected chi connectivity index (χ2v) is 2.94. The van der Waals surface area contributed by atoms with Gasteiger partial charge in [0.2, 0.25) is 0 Å². The predicted molar refractivity (Wildman–Crippen MR) is 44.3 cm³/mol. The normalized spacial score (nSPS) is 11.5. The summed E-state index contributed by atoms with van der Waals surface area (Å²) in [5.74, 6) is -0.693. The molecular formula is C8H5ClF3NO. The van der Waals surface area contributed by atoms with Gasteiger partial charge in [0.25, 0.3) is 0 Å². The van der Waals surface area contributed by atoms with E-state index in [1.165, 1.54) is 0 Å². The highest BCUT2D eigenvalue weighted by atomic mass is 35.5. The van der Waals surface area contributed by atoms with Gasteiger partial charge in [-0.1, -0.05) is 11.6 Å². The molecule has 0 atom stereocenters. The van der Waals surface area contributed by atoms with Crippen LogP contribution in [0.1, 0.15) is 22.8 Å². The van der Waals surface area contributed by atoms with Crippen LogP contribution in [0.25, 0.3) is 0 Å². The molecule has 0 spiro atoms. The summed E-state index contributed by atoms with van der Waals surface area (Å²) >= 11 is 5.27. The number of hydrogen-bond acceptors (Lipinski definition) is 2. The largest absolute Gasteiger partial charge is 0.420 e. The fourth-order valence-corrected chi connectivity index (χ4v) is 1.26. The molecule has 1 aromatic heterocycles. The van der Waals surface area contributed by atoms with Crippen molar-refractivity contribution >= 4 is 17.4 Å². The fraction of sp³-hybridized carbons (Fsp3) is 0.250. The van der Waals surface area contributed by atoms with Crippen molar-refractivity contribution in [3.8, 4) is 0 Å². The molecule has 0 N–H and O–H groups in total. The molecule has 0 aliphatic heterocycles. The minimum absolute atomic E-state index is 0.461. The van der Waals surface area contributed by atoms with E-state index in [4.69, 9.17) is 11.6 Å². The Morgan fingerprint density at radius 1 is 1.50 bits per heavy atom. The lowest BCUT2D eigenvalue weighted by atomic mass is 10.1. The van der Waals surface area contributed by atoms with Crippen molar-refractivity contribution in [2.45, 2.75) is 13.1 Å². The summed E-state index contributed by atoms with van der Waals surface area (Å²) in [7, 11) is 0. The van der Waals surface area contributed by atoms with Gasteiger partial charge in [0.1, 0.15) is 10.7 Å². The van der Waals surface area contributed by atoms with Gasteiger partial charge in [-0.05, 0) is 13.0 Å². The lowest BCUT2D eigenvalue weighted by Gasteiger charge is -2.11. The third kappa shape index (κ3) is 2.04. The molecule has 0 aliphatic carbocycles. The van der Waals surface area contributed by atoms with Crippen molar-refractivity contribution in [1.82, 2.24) is 4.98 Å². The number of ketones is 1. The van der Waals surface area contributed by atoms with Crippen LogP contribution < -0.4 is 0 Å². The number of halogens is 4. The van der Waals surface area contributed by atoms with Crippen molar-refractivity contribution in [3.05, 3.63) is 28.5 Å². The third-order valence-electron chi connectivity index (χ3n) is 1.57. The molecule has 0 amide bonds. The highest BCUT2D eigenvalue weighted by Crippen LogP contribution is 2.36. The lowest BCUT2D eigenvalue weighted by Crippen LogP contribution is -2.13. The number of carbonyl (C=O) groups excluding carboxylic acids is 1. The van der Waals surface area contributed by atoms with Crippen LogP contribution in [0, 0.1) is 0 Å². The number of alkyl halides is 3. The molecule has 0 aromatic carbocycles. The minimum atomic E-state index is -4.66. The van der Waals surface area contributed by atoms with E-state index in [2.05, 4.69) is 4.98 Å². The maximum atomic E-state index is 12.4. The van der Waals surface area contributed by atoms with E-state index in [1.807, 2.05) is 0 Å². The van der Waals surface area contributed by atoms with E-state index < -0.39 is 28.2 Å². The molecule has 2 nitrogen and oxygen atoms in total. The maximum absolute atomic E-state index is 12.4. The van der Waals surface area contributed by atoms with Gasteiger partial charge >= 0.3 is 6.18 Å². The van der Waals surface area contributed by atoms with Crippen LogP contribution in [0.15, 0.2) is 12.3 Å². The van der Waals surface area contributed by atoms with Gasteiger partial charge in [-0.2, -0.15) is 13.2 Å². The zero-order valence-corrected chi connectivity index (χ0v) is 7.78. The molecule has 0 aliphatic rings. The fourth-order valence-electron chi connectivity index (χ4n) is 0.999. The summed E-state index contributed by atoms with van der Waals surface area (Å²) in [6.07, 6.45) is -3.60. The van der Waals surface area contributed by atoms with E-state index in [0.29, 0.717) is 0 Å². The number of aromatic nitrogens is 1. The molecule has 1 heterocycles. The average molecular weight is 224 g/mol. The summed E-state index contributed by atoms with van der Waals surface area (Å²) in [4.78, 5) is 14.2. The molecule has 0 saturated carbocycles. The Morgan fingerprint density at radius 2 is 2.07 bits per heavy atom. The summed E-state index contributed by atoms with van der Waals surface area (Å²) in [6.45, 7) is 1.04. The lowest BCUT2D eigenvalue weighted by molar-refractivity contribution is -0.138. The Labute approximate surface area is 82.7 Å². The van der Waals surface area contributed by atoms with E-state index in [0.717, 1.165) is 19.2 Å². The average Bonchev–Trinajstić information content (AvgIpc) is 2.01. The van der Waals surface area contributed by atoms with Gasteiger partial charge in [0.05, 0.1) is 0 Å². The summed E-state index contributed by atoms with van der Waals surface area (Å²) in [5, 5.41) is -0.704. The smallest absolute Gasteiger partial charge is 0.294 e. The van der Waals surface area contributed by atoms with Crippen LogP contribution in [0.2, 0.25) is 5.15 Å². The van der Waals surface area contributed by atoms with Crippen molar-refractivity contribution < 1.29 is 18.0 Å². The highest BCUT2D eigenvalue weighted by molar-refractivity contribution is 6.30. The van der Waals surface area contributed by atoms with E-state index in [-0.39, 0.29) is 0 Å². The first-order valence-electron chi connectivity index (χ1n) is 3.56. The molecule has 0 saturated heterocycles. The Morgan fingerprint density at radius 3 is 2.43 bits per heavy atom. The molecule has 1 aromatic rings. The number of nitrogens with zero attached hydrogens (tertiary/aromatic N) is 1. The van der Waals surface area contributed by atoms with Crippen LogP contribution in [0.4, 0.5) is 13.2 Å². The summed E-state index contributed by atoms with van der Waals surface area (Å²) in [5.41, 5.74) is -1.63. The number of pyridine rings is 1. The van der Waals surface area contributed by atoms with Crippen LogP contribution in [0.5, 0.6) is 0 Å². The number of hydrogen-bond donors (Lipinski definition) is 0. The summed E-state index contributed by atoms with van der Waals surface area (Å²) in [6, 6.07) is 0.997. The highest BCUT2D eigenvalue weighted by Gasteiger charge is 2.37. The Balaban J connectivity index is 3.45. The molecule has 0 radical (unpaired) electrons. The zero-order valence-electron chi connectivity index (χ0n) is 7.02. The van der Waals surface area contributed by atoms with Gasteiger partial charge in [0.15, 0.2) is 5.78 Å². The molecule has 0 bridgehead atoms. The third-order valence-corrected chi connectivity index (χ3v) is 1.85. The quantitative estimate of drug-likeness (QED) is 0.541. The molecule has 6 heteroatoms. The topological polar surface area (TPSA) is 30.0 Å². The Kier molecular flexibility index (Phi) is 2.80. The van der Waals surface area contributed by atoms with Crippen LogP contribution in [-0.2, 0) is 6.18 Å². The SMILES string of the molecule is CC(=O)c1ccnc(Cl)c1C(F)(F)F. The predicted octanol–water partition coefficient (Wildman–Crippen LogP) is 2.96. The number of Topliss-reactive ketones (excluding diaryl/α,β-unsaturated/α-hetero) is 1. The van der Waals surface area contributed by atoms with Gasteiger partial charge < -0.3 is 0 Å². The molecule has 0 fully saturated rings. The minimum Gasteiger partial charge on any atom is -0.294 e. The zero-order chi connectivity index (χ0) is 10.9. The molecule has 1 rings (SSSR count). The molecule has 0 unspecified atom stereocenters. The first-order chi connectivity index (χ1) is 6.34. The van der Waals surface area contributed by atoms with Crippen LogP contribution in [0.3, 0.4) is 0 Å². The maximum Gasteiger partial charge on any atom is 0.420 e. The first kappa shape index (κ1) is 11.0. The second-order valence-electron chi connectivity index (χ2n) is 2.58. The molecule has 14 heavy (non-hydrogen) atoms. The summed E-state index contributed by atoms with van der Waals surface area (Å²) < 4.78 is 37.2. The van der Waals surface area contributed by atoms with E-state index >= 15 is 0 Å². The molecule has 76 valence electrons. The van der Waals surface area contributed by atoms with Gasteiger partial charge in [-0.15, -0.1) is 0 Å². The van der Waals surface area contributed by atoms with Gasteiger partial charge in [0, 0.05) is 11.8 Å². The van der Waals surface area contributed by atoms with Crippen molar-refractivity contribution in [3.63, 3.8) is 0 Å². The van der Waals surface area contributed by atoms with E-state index in [9.17, 15) is 18.0 Å². The number of carbonyl (C=O) groups is 1.